The van der Waals surface area contributed by atoms with Crippen LogP contribution in [0.4, 0.5) is 0 Å². The van der Waals surface area contributed by atoms with Gasteiger partial charge in [0.15, 0.2) is 11.5 Å². The number of aliphatic hydroxyl groups excluding tert-OH is 1. The lowest BCUT2D eigenvalue weighted by Crippen LogP contribution is -2.55. The SMILES string of the molecule is COc1ccc(CCCNC(=O)[C@@H]2CC(=O)N[C@@H]([C@@H](C)O)C(=O)NCCCOc3ccccc3C(=O)N2)cc1OC. The summed E-state index contributed by atoms with van der Waals surface area (Å²) in [5.74, 6) is -0.875. The topological polar surface area (TPSA) is 164 Å². The molecule has 0 spiro atoms. The minimum Gasteiger partial charge on any atom is -0.493 e. The summed E-state index contributed by atoms with van der Waals surface area (Å²) in [6, 6.07) is 9.66. The van der Waals surface area contributed by atoms with Crippen molar-refractivity contribution in [3.05, 3.63) is 53.6 Å². The van der Waals surface area contributed by atoms with Gasteiger partial charge >= 0.3 is 0 Å². The predicted octanol–water partition coefficient (Wildman–Crippen LogP) is 0.706. The number of carbonyl (C=O) groups is 4. The smallest absolute Gasteiger partial charge is 0.255 e. The average Bonchev–Trinajstić information content (AvgIpc) is 2.97. The maximum atomic E-state index is 13.2. The predicted molar refractivity (Wildman–Crippen MR) is 150 cm³/mol. The number of ether oxygens (including phenoxy) is 3. The van der Waals surface area contributed by atoms with Gasteiger partial charge in [-0.25, -0.2) is 0 Å². The fraction of sp³-hybridized carbons (Fsp3) is 0.448. The van der Waals surface area contributed by atoms with E-state index in [4.69, 9.17) is 14.2 Å². The molecule has 0 radical (unpaired) electrons. The first kappa shape index (κ1) is 31.2. The molecule has 12 heteroatoms. The Balaban J connectivity index is 1.72. The highest BCUT2D eigenvalue weighted by molar-refractivity contribution is 6.01. The molecule has 0 aromatic heterocycles. The minimum absolute atomic E-state index is 0.208. The molecular weight excluding hydrogens is 532 g/mol. The molecule has 1 heterocycles. The molecule has 2 aromatic rings. The van der Waals surface area contributed by atoms with Crippen molar-refractivity contribution in [1.29, 1.82) is 0 Å². The molecule has 0 saturated heterocycles. The number of methoxy groups -OCH3 is 2. The van der Waals surface area contributed by atoms with E-state index in [0.29, 0.717) is 36.5 Å². The molecule has 41 heavy (non-hydrogen) atoms. The van der Waals surface area contributed by atoms with Gasteiger partial charge in [-0.1, -0.05) is 18.2 Å². The van der Waals surface area contributed by atoms with Gasteiger partial charge in [0, 0.05) is 13.1 Å². The number of nitrogens with one attached hydrogen (secondary N) is 4. The van der Waals surface area contributed by atoms with Crippen LogP contribution in [0.2, 0.25) is 0 Å². The van der Waals surface area contributed by atoms with E-state index in [9.17, 15) is 24.3 Å². The van der Waals surface area contributed by atoms with E-state index >= 15 is 0 Å². The van der Waals surface area contributed by atoms with Crippen LogP contribution in [-0.2, 0) is 20.8 Å². The highest BCUT2D eigenvalue weighted by Gasteiger charge is 2.30. The van der Waals surface area contributed by atoms with Crippen molar-refractivity contribution < 1.29 is 38.5 Å². The molecule has 3 rings (SSSR count). The maximum absolute atomic E-state index is 13.2. The summed E-state index contributed by atoms with van der Waals surface area (Å²) < 4.78 is 16.3. The molecule has 2 aromatic carbocycles. The first-order valence-corrected chi connectivity index (χ1v) is 13.5. The van der Waals surface area contributed by atoms with Gasteiger partial charge in [0.2, 0.25) is 17.7 Å². The maximum Gasteiger partial charge on any atom is 0.255 e. The lowest BCUT2D eigenvalue weighted by atomic mass is 10.1. The summed E-state index contributed by atoms with van der Waals surface area (Å²) in [6.07, 6.45) is 0.000365. The van der Waals surface area contributed by atoms with Gasteiger partial charge in [-0.05, 0) is 56.0 Å². The molecule has 5 N–H and O–H groups in total. The van der Waals surface area contributed by atoms with Crippen molar-refractivity contribution in [3.63, 3.8) is 0 Å². The van der Waals surface area contributed by atoms with Gasteiger partial charge in [0.1, 0.15) is 17.8 Å². The van der Waals surface area contributed by atoms with Gasteiger partial charge in [0.25, 0.3) is 5.91 Å². The number of rotatable bonds is 8. The van der Waals surface area contributed by atoms with Gasteiger partial charge in [-0.15, -0.1) is 0 Å². The fourth-order valence-corrected chi connectivity index (χ4v) is 4.29. The Labute approximate surface area is 239 Å². The molecule has 0 saturated carbocycles. The van der Waals surface area contributed by atoms with Crippen molar-refractivity contribution in [2.24, 2.45) is 0 Å². The number of carbonyl (C=O) groups excluding carboxylic acids is 4. The normalized spacial score (nSPS) is 19.1. The van der Waals surface area contributed by atoms with Crippen molar-refractivity contribution >= 4 is 23.6 Å². The summed E-state index contributed by atoms with van der Waals surface area (Å²) >= 11 is 0. The van der Waals surface area contributed by atoms with Crippen LogP contribution in [0.15, 0.2) is 42.5 Å². The second kappa shape index (κ2) is 15.5. The van der Waals surface area contributed by atoms with Crippen LogP contribution in [0.3, 0.4) is 0 Å². The van der Waals surface area contributed by atoms with E-state index in [0.717, 1.165) is 5.56 Å². The largest absolute Gasteiger partial charge is 0.493 e. The molecule has 1 aliphatic heterocycles. The number of hydrogen-bond donors (Lipinski definition) is 5. The number of aliphatic hydroxyl groups is 1. The Morgan fingerprint density at radius 3 is 2.59 bits per heavy atom. The second-order valence-corrected chi connectivity index (χ2v) is 9.59. The van der Waals surface area contributed by atoms with Crippen LogP contribution < -0.4 is 35.5 Å². The van der Waals surface area contributed by atoms with E-state index in [1.807, 2.05) is 12.1 Å². The molecule has 222 valence electrons. The molecule has 0 fully saturated rings. The summed E-state index contributed by atoms with van der Waals surface area (Å²) in [7, 11) is 3.12. The zero-order valence-corrected chi connectivity index (χ0v) is 23.5. The Morgan fingerprint density at radius 2 is 1.85 bits per heavy atom. The number of hydrogen-bond acceptors (Lipinski definition) is 8. The Bertz CT molecular complexity index is 1220. The van der Waals surface area contributed by atoms with Crippen molar-refractivity contribution in [2.45, 2.75) is 50.8 Å². The first-order chi connectivity index (χ1) is 19.7. The Hall–Kier alpha value is -4.32. The summed E-state index contributed by atoms with van der Waals surface area (Å²) in [4.78, 5) is 51.8. The van der Waals surface area contributed by atoms with Crippen LogP contribution in [0.1, 0.15) is 42.1 Å². The second-order valence-electron chi connectivity index (χ2n) is 9.59. The third kappa shape index (κ3) is 9.10. The number of aryl methyl sites for hydroxylation is 1. The molecule has 12 nitrogen and oxygen atoms in total. The van der Waals surface area contributed by atoms with Crippen molar-refractivity contribution in [2.75, 3.05) is 33.9 Å². The van der Waals surface area contributed by atoms with Crippen LogP contribution >= 0.6 is 0 Å². The number of fused-ring (bicyclic) bond motifs is 1. The van der Waals surface area contributed by atoms with E-state index in [1.54, 1.807) is 44.6 Å². The monoisotopic (exact) mass is 570 g/mol. The molecule has 0 unspecified atom stereocenters. The summed E-state index contributed by atoms with van der Waals surface area (Å²) in [5.41, 5.74) is 1.19. The molecule has 0 bridgehead atoms. The zero-order valence-electron chi connectivity index (χ0n) is 23.5. The number of para-hydroxylation sites is 1. The molecule has 4 amide bonds. The van der Waals surface area contributed by atoms with Crippen molar-refractivity contribution in [1.82, 2.24) is 21.3 Å². The molecule has 0 aliphatic carbocycles. The van der Waals surface area contributed by atoms with Crippen molar-refractivity contribution in [3.8, 4) is 17.2 Å². The lowest BCUT2D eigenvalue weighted by molar-refractivity contribution is -0.133. The summed E-state index contributed by atoms with van der Waals surface area (Å²) in [5, 5.41) is 20.6. The van der Waals surface area contributed by atoms with E-state index in [1.165, 1.54) is 6.92 Å². The van der Waals surface area contributed by atoms with Gasteiger partial charge < -0.3 is 40.6 Å². The Kier molecular flexibility index (Phi) is 11.8. The van der Waals surface area contributed by atoms with Crippen LogP contribution in [0, 0.1) is 0 Å². The van der Waals surface area contributed by atoms with Crippen LogP contribution in [-0.4, -0.2) is 80.8 Å². The quantitative estimate of drug-likeness (QED) is 0.290. The third-order valence-corrected chi connectivity index (χ3v) is 6.49. The Morgan fingerprint density at radius 1 is 1.10 bits per heavy atom. The first-order valence-electron chi connectivity index (χ1n) is 13.5. The highest BCUT2D eigenvalue weighted by atomic mass is 16.5. The van der Waals surface area contributed by atoms with E-state index in [-0.39, 0.29) is 25.3 Å². The molecule has 1 aliphatic rings. The number of amides is 4. The molecular formula is C29H38N4O8. The number of benzene rings is 2. The van der Waals surface area contributed by atoms with Gasteiger partial charge in [-0.2, -0.15) is 0 Å². The lowest BCUT2D eigenvalue weighted by Gasteiger charge is -2.23. The summed E-state index contributed by atoms with van der Waals surface area (Å²) in [6.45, 7) is 2.10. The van der Waals surface area contributed by atoms with Gasteiger partial charge in [-0.3, -0.25) is 19.2 Å². The van der Waals surface area contributed by atoms with Crippen LogP contribution in [0.25, 0.3) is 0 Å². The third-order valence-electron chi connectivity index (χ3n) is 6.49. The minimum atomic E-state index is -1.25. The fourth-order valence-electron chi connectivity index (χ4n) is 4.29. The van der Waals surface area contributed by atoms with Crippen LogP contribution in [0.5, 0.6) is 17.2 Å². The van der Waals surface area contributed by atoms with E-state index in [2.05, 4.69) is 21.3 Å². The van der Waals surface area contributed by atoms with E-state index < -0.39 is 48.2 Å². The zero-order chi connectivity index (χ0) is 29.8. The molecule has 3 atom stereocenters. The van der Waals surface area contributed by atoms with Gasteiger partial charge in [0.05, 0.1) is 38.9 Å². The standard InChI is InChI=1S/C29H38N4O8/c1-18(34)26-29(38)31-14-7-15-41-22-10-5-4-9-20(22)27(36)32-21(17-25(35)33-26)28(37)30-13-6-8-19-11-12-23(39-2)24(16-19)40-3/h4-5,9-12,16,18,21,26,34H,6-8,13-15,17H2,1-3H3,(H,30,37)(H,31,38)(H,32,36)(H,33,35)/t18-,21+,26+/m1/s1. The average molecular weight is 571 g/mol. The highest BCUT2D eigenvalue weighted by Crippen LogP contribution is 2.28.